The first-order valence-corrected chi connectivity index (χ1v) is 9.69. The maximum Gasteiger partial charge on any atom is 0.265 e. The summed E-state index contributed by atoms with van der Waals surface area (Å²) in [7, 11) is -3.67. The minimum Gasteiger partial charge on any atom is -0.325 e. The van der Waals surface area contributed by atoms with Gasteiger partial charge in [0.25, 0.3) is 10.0 Å². The fraction of sp³-hybridized carbons (Fsp3) is 0.158. The summed E-state index contributed by atoms with van der Waals surface area (Å²) in [5, 5.41) is 3.07. The number of nitrogens with zero attached hydrogens (tertiary/aromatic N) is 3. The van der Waals surface area contributed by atoms with Gasteiger partial charge in [0.05, 0.1) is 5.69 Å². The number of hydrogen-bond acceptors (Lipinski definition) is 5. The molecular weight excluding hydrogens is 348 g/mol. The van der Waals surface area contributed by atoms with Crippen molar-refractivity contribution in [3.8, 4) is 0 Å². The van der Waals surface area contributed by atoms with E-state index in [4.69, 9.17) is 0 Å². The maximum atomic E-state index is 12.9. The predicted octanol–water partition coefficient (Wildman–Crippen LogP) is 3.74. The number of sulfonamides is 1. The number of nitrogens with one attached hydrogen (secondary N) is 1. The molecular formula is C19H20N4O2S. The number of benzene rings is 1. The third-order valence-corrected chi connectivity index (χ3v) is 5.69. The van der Waals surface area contributed by atoms with E-state index >= 15 is 0 Å². The molecule has 1 aromatic carbocycles. The highest BCUT2D eigenvalue weighted by molar-refractivity contribution is 7.92. The van der Waals surface area contributed by atoms with Crippen LogP contribution in [0.2, 0.25) is 0 Å². The third kappa shape index (κ3) is 3.83. The highest BCUT2D eigenvalue weighted by Gasteiger charge is 2.23. The largest absolute Gasteiger partial charge is 0.325 e. The molecule has 1 N–H and O–H groups in total. The van der Waals surface area contributed by atoms with Crippen LogP contribution in [0.3, 0.4) is 0 Å². The Morgan fingerprint density at radius 1 is 0.962 bits per heavy atom. The lowest BCUT2D eigenvalue weighted by Crippen LogP contribution is -2.30. The Morgan fingerprint density at radius 3 is 2.35 bits per heavy atom. The zero-order valence-corrected chi connectivity index (χ0v) is 15.4. The van der Waals surface area contributed by atoms with Crippen molar-refractivity contribution < 1.29 is 8.42 Å². The lowest BCUT2D eigenvalue weighted by Gasteiger charge is -2.22. The van der Waals surface area contributed by atoms with Gasteiger partial charge in [-0.15, -0.1) is 0 Å². The number of aryl methyl sites for hydroxylation is 1. The highest BCUT2D eigenvalue weighted by Crippen LogP contribution is 2.23. The first-order chi connectivity index (χ1) is 12.5. The second kappa shape index (κ2) is 7.53. The van der Waals surface area contributed by atoms with E-state index in [0.717, 1.165) is 5.69 Å². The molecule has 0 bridgehead atoms. The number of para-hydroxylation sites is 1. The van der Waals surface area contributed by atoms with Crippen molar-refractivity contribution in [3.63, 3.8) is 0 Å². The Balaban J connectivity index is 1.85. The third-order valence-electron chi connectivity index (χ3n) is 3.80. The van der Waals surface area contributed by atoms with Gasteiger partial charge in [0.2, 0.25) is 0 Å². The molecule has 0 aliphatic heterocycles. The Hall–Kier alpha value is -2.93. The summed E-state index contributed by atoms with van der Waals surface area (Å²) < 4.78 is 27.2. The zero-order chi connectivity index (χ0) is 18.6. The molecule has 0 spiro atoms. The Labute approximate surface area is 153 Å². The smallest absolute Gasteiger partial charge is 0.265 e. The molecule has 0 saturated carbocycles. The van der Waals surface area contributed by atoms with E-state index in [1.54, 1.807) is 31.2 Å². The lowest BCUT2D eigenvalue weighted by molar-refractivity contribution is 0.591. The van der Waals surface area contributed by atoms with Crippen molar-refractivity contribution in [2.75, 3.05) is 16.2 Å². The molecule has 0 aliphatic carbocycles. The molecule has 2 aromatic heterocycles. The minimum atomic E-state index is -3.67. The van der Waals surface area contributed by atoms with Gasteiger partial charge in [-0.1, -0.05) is 24.3 Å². The van der Waals surface area contributed by atoms with Gasteiger partial charge in [0.1, 0.15) is 16.5 Å². The molecule has 0 unspecified atom stereocenters. The number of anilines is 3. The lowest BCUT2D eigenvalue weighted by atomic mass is 10.3. The quantitative estimate of drug-likeness (QED) is 0.717. The van der Waals surface area contributed by atoms with E-state index in [2.05, 4.69) is 15.3 Å². The summed E-state index contributed by atoms with van der Waals surface area (Å²) in [5.74, 6) is 1.19. The van der Waals surface area contributed by atoms with Crippen molar-refractivity contribution in [1.82, 2.24) is 9.97 Å². The Kier molecular flexibility index (Phi) is 5.18. The van der Waals surface area contributed by atoms with E-state index < -0.39 is 10.0 Å². The Morgan fingerprint density at radius 2 is 1.73 bits per heavy atom. The maximum absolute atomic E-state index is 12.9. The molecule has 0 radical (unpaired) electrons. The monoisotopic (exact) mass is 368 g/mol. The first-order valence-electron chi connectivity index (χ1n) is 8.25. The molecule has 3 aromatic rings. The summed E-state index contributed by atoms with van der Waals surface area (Å²) in [6.45, 7) is 4.04. The van der Waals surface area contributed by atoms with Crippen LogP contribution in [0, 0.1) is 6.92 Å². The molecule has 134 valence electrons. The average molecular weight is 368 g/mol. The molecule has 0 saturated heterocycles. The molecule has 26 heavy (non-hydrogen) atoms. The number of rotatable bonds is 6. The number of pyridine rings is 2. The van der Waals surface area contributed by atoms with Crippen LogP contribution in [0.25, 0.3) is 0 Å². The van der Waals surface area contributed by atoms with E-state index in [1.807, 2.05) is 43.3 Å². The summed E-state index contributed by atoms with van der Waals surface area (Å²) in [6.07, 6.45) is 1.36. The fourth-order valence-corrected chi connectivity index (χ4v) is 3.98. The van der Waals surface area contributed by atoms with Crippen LogP contribution in [-0.4, -0.2) is 24.9 Å². The van der Waals surface area contributed by atoms with Gasteiger partial charge in [0, 0.05) is 18.4 Å². The molecule has 2 heterocycles. The summed E-state index contributed by atoms with van der Waals surface area (Å²) in [5.41, 5.74) is 1.51. The number of hydrogen-bond donors (Lipinski definition) is 1. The first kappa shape index (κ1) is 17.9. The van der Waals surface area contributed by atoms with Gasteiger partial charge < -0.3 is 5.32 Å². The highest BCUT2D eigenvalue weighted by atomic mass is 32.2. The van der Waals surface area contributed by atoms with Crippen LogP contribution in [-0.2, 0) is 10.0 Å². The molecule has 0 fully saturated rings. The second-order valence-electron chi connectivity index (χ2n) is 5.67. The zero-order valence-electron chi connectivity index (χ0n) is 14.6. The topological polar surface area (TPSA) is 75.2 Å². The van der Waals surface area contributed by atoms with E-state index in [0.29, 0.717) is 23.9 Å². The molecule has 6 nitrogen and oxygen atoms in total. The van der Waals surface area contributed by atoms with Crippen LogP contribution in [0.1, 0.15) is 12.6 Å². The van der Waals surface area contributed by atoms with Crippen LogP contribution < -0.4 is 9.62 Å². The average Bonchev–Trinajstić information content (AvgIpc) is 2.63. The van der Waals surface area contributed by atoms with Gasteiger partial charge in [-0.3, -0.25) is 4.31 Å². The molecule has 0 atom stereocenters. The van der Waals surface area contributed by atoms with Gasteiger partial charge in [-0.05, 0) is 50.2 Å². The summed E-state index contributed by atoms with van der Waals surface area (Å²) in [6, 6.07) is 17.8. The Bertz CT molecular complexity index is 974. The number of aromatic nitrogens is 2. The van der Waals surface area contributed by atoms with E-state index in [9.17, 15) is 8.42 Å². The van der Waals surface area contributed by atoms with Crippen molar-refractivity contribution >= 4 is 27.3 Å². The summed E-state index contributed by atoms with van der Waals surface area (Å²) in [4.78, 5) is 8.71. The SMILES string of the molecule is CCN(c1ccccc1)S(=O)(=O)c1ccc(Nc2cccc(C)n2)nc1. The van der Waals surface area contributed by atoms with Crippen LogP contribution in [0.5, 0.6) is 0 Å². The molecule has 7 heteroatoms. The summed E-state index contributed by atoms with van der Waals surface area (Å²) >= 11 is 0. The van der Waals surface area contributed by atoms with E-state index in [-0.39, 0.29) is 4.90 Å². The fourth-order valence-electron chi connectivity index (χ4n) is 2.56. The van der Waals surface area contributed by atoms with Crippen LogP contribution in [0.15, 0.2) is 71.8 Å². The molecule has 3 rings (SSSR count). The van der Waals surface area contributed by atoms with Gasteiger partial charge in [-0.25, -0.2) is 18.4 Å². The predicted molar refractivity (Wildman–Crippen MR) is 103 cm³/mol. The minimum absolute atomic E-state index is 0.144. The van der Waals surface area contributed by atoms with Crippen LogP contribution >= 0.6 is 0 Å². The van der Waals surface area contributed by atoms with E-state index in [1.165, 1.54) is 10.5 Å². The second-order valence-corrected chi connectivity index (χ2v) is 7.54. The van der Waals surface area contributed by atoms with Crippen molar-refractivity contribution in [2.45, 2.75) is 18.7 Å². The van der Waals surface area contributed by atoms with Gasteiger partial charge >= 0.3 is 0 Å². The van der Waals surface area contributed by atoms with Gasteiger partial charge in [0.15, 0.2) is 0 Å². The van der Waals surface area contributed by atoms with Crippen molar-refractivity contribution in [2.24, 2.45) is 0 Å². The molecule has 0 aliphatic rings. The normalized spacial score (nSPS) is 11.2. The molecule has 0 amide bonds. The van der Waals surface area contributed by atoms with Crippen molar-refractivity contribution in [3.05, 3.63) is 72.6 Å². The van der Waals surface area contributed by atoms with Gasteiger partial charge in [-0.2, -0.15) is 0 Å². The standard InChI is InChI=1S/C19H20N4O2S/c1-3-23(16-9-5-4-6-10-16)26(24,25)17-12-13-18(20-14-17)22-19-11-7-8-15(2)21-19/h4-14H,3H2,1-2H3,(H,20,21,22). The van der Waals surface area contributed by atoms with Crippen molar-refractivity contribution in [1.29, 1.82) is 0 Å². The van der Waals surface area contributed by atoms with Crippen LogP contribution in [0.4, 0.5) is 17.3 Å².